The van der Waals surface area contributed by atoms with Gasteiger partial charge in [-0.05, 0) is 54.8 Å². The van der Waals surface area contributed by atoms with E-state index in [4.69, 9.17) is 4.74 Å². The second-order valence-electron chi connectivity index (χ2n) is 7.23. The molecule has 0 bridgehead atoms. The monoisotopic (exact) mass is 406 g/mol. The van der Waals surface area contributed by atoms with Gasteiger partial charge in [0.05, 0.1) is 12.7 Å². The Kier molecular flexibility index (Phi) is 6.79. The quantitative estimate of drug-likeness (QED) is 0.662. The highest BCUT2D eigenvalue weighted by atomic mass is 19.4. The molecule has 1 heterocycles. The average Bonchev–Trinajstić information content (AvgIpc) is 3.05. The Balaban J connectivity index is 1.51. The largest absolute Gasteiger partial charge is 0.497 e. The van der Waals surface area contributed by atoms with E-state index in [9.17, 15) is 18.0 Å². The van der Waals surface area contributed by atoms with Crippen LogP contribution in [-0.4, -0.2) is 30.5 Å². The summed E-state index contributed by atoms with van der Waals surface area (Å²) in [4.78, 5) is 14.0. The van der Waals surface area contributed by atoms with Crippen LogP contribution in [0.3, 0.4) is 0 Å². The van der Waals surface area contributed by atoms with Crippen LogP contribution < -0.4 is 10.1 Å². The lowest BCUT2D eigenvalue weighted by Gasteiger charge is -2.25. The average molecular weight is 406 g/mol. The maximum absolute atomic E-state index is 12.7. The molecule has 4 nitrogen and oxygen atoms in total. The molecule has 1 unspecified atom stereocenters. The first-order valence-electron chi connectivity index (χ1n) is 9.66. The molecule has 1 atom stereocenters. The number of nitrogens with zero attached hydrogens (tertiary/aromatic N) is 1. The lowest BCUT2D eigenvalue weighted by molar-refractivity contribution is -0.137. The molecule has 1 saturated heterocycles. The molecule has 0 saturated carbocycles. The molecule has 0 radical (unpaired) electrons. The van der Waals surface area contributed by atoms with Gasteiger partial charge in [-0.25, -0.2) is 0 Å². The first-order valence-corrected chi connectivity index (χ1v) is 9.66. The molecular formula is C22H25F3N2O2. The number of methoxy groups -OCH3 is 1. The summed E-state index contributed by atoms with van der Waals surface area (Å²) in [7, 11) is 1.63. The van der Waals surface area contributed by atoms with E-state index in [-0.39, 0.29) is 11.9 Å². The van der Waals surface area contributed by atoms with E-state index < -0.39 is 11.7 Å². The van der Waals surface area contributed by atoms with Gasteiger partial charge >= 0.3 is 6.18 Å². The third-order valence-corrected chi connectivity index (χ3v) is 5.20. The van der Waals surface area contributed by atoms with Crippen LogP contribution in [0.2, 0.25) is 0 Å². The number of hydrogen-bond acceptors (Lipinski definition) is 3. The zero-order chi connectivity index (χ0) is 20.9. The van der Waals surface area contributed by atoms with E-state index >= 15 is 0 Å². The minimum Gasteiger partial charge on any atom is -0.497 e. The van der Waals surface area contributed by atoms with Gasteiger partial charge in [-0.15, -0.1) is 0 Å². The number of alkyl halides is 3. The van der Waals surface area contributed by atoms with Gasteiger partial charge in [-0.1, -0.05) is 24.3 Å². The molecule has 1 amide bonds. The number of likely N-dealkylation sites (tertiary alicyclic amines) is 1. The summed E-state index contributed by atoms with van der Waals surface area (Å²) in [5, 5.41) is 3.38. The van der Waals surface area contributed by atoms with Gasteiger partial charge in [-0.2, -0.15) is 13.2 Å². The topological polar surface area (TPSA) is 41.6 Å². The number of benzene rings is 2. The standard InChI is InChI=1S/C22H25F3N2O2/c1-29-20-4-2-3-17(13-20)14-26-12-11-19-9-10-21(28)27(19)15-16-5-7-18(8-6-16)22(23,24)25/h2-8,13,19,26H,9-12,14-15H2,1H3. The van der Waals surface area contributed by atoms with Crippen molar-refractivity contribution in [2.45, 2.75) is 44.6 Å². The van der Waals surface area contributed by atoms with E-state index in [2.05, 4.69) is 5.32 Å². The fourth-order valence-electron chi connectivity index (χ4n) is 3.59. The van der Waals surface area contributed by atoms with Crippen LogP contribution in [0, 0.1) is 0 Å². The zero-order valence-electron chi connectivity index (χ0n) is 16.3. The van der Waals surface area contributed by atoms with Crippen molar-refractivity contribution in [2.24, 2.45) is 0 Å². The minimum atomic E-state index is -4.35. The number of hydrogen-bond donors (Lipinski definition) is 1. The first kappa shape index (κ1) is 21.2. The second-order valence-corrected chi connectivity index (χ2v) is 7.23. The Bertz CT molecular complexity index is 822. The van der Waals surface area contributed by atoms with E-state index in [1.54, 1.807) is 12.0 Å². The highest BCUT2D eigenvalue weighted by Gasteiger charge is 2.32. The Morgan fingerprint density at radius 2 is 1.90 bits per heavy atom. The van der Waals surface area contributed by atoms with E-state index in [0.717, 1.165) is 42.8 Å². The second kappa shape index (κ2) is 9.31. The predicted molar refractivity (Wildman–Crippen MR) is 104 cm³/mol. The molecule has 29 heavy (non-hydrogen) atoms. The molecule has 0 aromatic heterocycles. The lowest BCUT2D eigenvalue weighted by Crippen LogP contribution is -2.34. The number of carbonyl (C=O) groups excluding carboxylic acids is 1. The fourth-order valence-corrected chi connectivity index (χ4v) is 3.59. The summed E-state index contributed by atoms with van der Waals surface area (Å²) in [5.74, 6) is 0.871. The van der Waals surface area contributed by atoms with Crippen LogP contribution in [0.4, 0.5) is 13.2 Å². The number of carbonyl (C=O) groups is 1. The van der Waals surface area contributed by atoms with Crippen molar-refractivity contribution in [2.75, 3.05) is 13.7 Å². The maximum atomic E-state index is 12.7. The van der Waals surface area contributed by atoms with Gasteiger partial charge in [0, 0.05) is 25.6 Å². The summed E-state index contributed by atoms with van der Waals surface area (Å²) in [6.45, 7) is 1.80. The molecule has 1 N–H and O–H groups in total. The molecule has 2 aromatic rings. The van der Waals surface area contributed by atoms with Crippen molar-refractivity contribution in [3.05, 3.63) is 65.2 Å². The summed E-state index contributed by atoms with van der Waals surface area (Å²) in [6, 6.07) is 13.0. The third kappa shape index (κ3) is 5.73. The molecule has 0 aliphatic carbocycles. The normalized spacial score (nSPS) is 17.0. The number of rotatable bonds is 8. The van der Waals surface area contributed by atoms with Gasteiger partial charge in [0.2, 0.25) is 5.91 Å². The summed E-state index contributed by atoms with van der Waals surface area (Å²) in [5.41, 5.74) is 1.16. The number of amides is 1. The van der Waals surface area contributed by atoms with Crippen LogP contribution in [0.5, 0.6) is 5.75 Å². The van der Waals surface area contributed by atoms with Gasteiger partial charge in [0.1, 0.15) is 5.75 Å². The van der Waals surface area contributed by atoms with Crippen molar-refractivity contribution in [3.63, 3.8) is 0 Å². The van der Waals surface area contributed by atoms with E-state index in [1.165, 1.54) is 12.1 Å². The van der Waals surface area contributed by atoms with E-state index in [0.29, 0.717) is 25.1 Å². The molecule has 1 aliphatic heterocycles. The molecule has 3 rings (SSSR count). The SMILES string of the molecule is COc1cccc(CNCCC2CCC(=O)N2Cc2ccc(C(F)(F)F)cc2)c1. The summed E-state index contributed by atoms with van der Waals surface area (Å²) < 4.78 is 43.3. The smallest absolute Gasteiger partial charge is 0.416 e. The molecule has 1 aliphatic rings. The Morgan fingerprint density at radius 3 is 2.59 bits per heavy atom. The predicted octanol–water partition coefficient (Wildman–Crippen LogP) is 4.38. The van der Waals surface area contributed by atoms with Crippen molar-refractivity contribution < 1.29 is 22.7 Å². The van der Waals surface area contributed by atoms with Crippen molar-refractivity contribution >= 4 is 5.91 Å². The maximum Gasteiger partial charge on any atom is 0.416 e. The van der Waals surface area contributed by atoms with Gasteiger partial charge in [0.15, 0.2) is 0 Å². The summed E-state index contributed by atoms with van der Waals surface area (Å²) in [6.07, 6.45) is -2.28. The first-order chi connectivity index (χ1) is 13.9. The highest BCUT2D eigenvalue weighted by molar-refractivity contribution is 5.78. The van der Waals surface area contributed by atoms with Crippen molar-refractivity contribution in [3.8, 4) is 5.75 Å². The number of halogens is 3. The Morgan fingerprint density at radius 1 is 1.14 bits per heavy atom. The highest BCUT2D eigenvalue weighted by Crippen LogP contribution is 2.30. The van der Waals surface area contributed by atoms with Gasteiger partial charge < -0.3 is 15.0 Å². The molecule has 2 aromatic carbocycles. The molecular weight excluding hydrogens is 381 g/mol. The molecule has 7 heteroatoms. The number of ether oxygens (including phenoxy) is 1. The third-order valence-electron chi connectivity index (χ3n) is 5.20. The van der Waals surface area contributed by atoms with Crippen LogP contribution in [0.1, 0.15) is 36.0 Å². The van der Waals surface area contributed by atoms with Crippen LogP contribution in [-0.2, 0) is 24.1 Å². The van der Waals surface area contributed by atoms with Crippen LogP contribution >= 0.6 is 0 Å². The van der Waals surface area contributed by atoms with E-state index in [1.807, 2.05) is 24.3 Å². The number of nitrogens with one attached hydrogen (secondary N) is 1. The van der Waals surface area contributed by atoms with Crippen molar-refractivity contribution in [1.82, 2.24) is 10.2 Å². The van der Waals surface area contributed by atoms with Gasteiger partial charge in [-0.3, -0.25) is 4.79 Å². The van der Waals surface area contributed by atoms with Gasteiger partial charge in [0.25, 0.3) is 0 Å². The summed E-state index contributed by atoms with van der Waals surface area (Å²) >= 11 is 0. The zero-order valence-corrected chi connectivity index (χ0v) is 16.3. The Labute approximate surface area is 168 Å². The van der Waals surface area contributed by atoms with Crippen LogP contribution in [0.15, 0.2) is 48.5 Å². The lowest BCUT2D eigenvalue weighted by atomic mass is 10.1. The van der Waals surface area contributed by atoms with Crippen molar-refractivity contribution in [1.29, 1.82) is 0 Å². The fraction of sp³-hybridized carbons (Fsp3) is 0.409. The minimum absolute atomic E-state index is 0.0580. The Hall–Kier alpha value is -2.54. The van der Waals surface area contributed by atoms with Crippen LogP contribution in [0.25, 0.3) is 0 Å². The molecule has 1 fully saturated rings. The molecule has 156 valence electrons. The molecule has 0 spiro atoms.